The third-order valence-corrected chi connectivity index (χ3v) is 13.7. The predicted molar refractivity (Wildman–Crippen MR) is 233 cm³/mol. The van der Waals surface area contributed by atoms with Gasteiger partial charge in [0.25, 0.3) is 31.9 Å². The molecule has 4 heterocycles. The monoisotopic (exact) mass is 1050 g/mol. The topological polar surface area (TPSA) is 178 Å². The molecule has 0 spiro atoms. The summed E-state index contributed by atoms with van der Waals surface area (Å²) in [7, 11) is -8.02. The molecule has 6 rings (SSSR count). The van der Waals surface area contributed by atoms with Crippen LogP contribution in [0.1, 0.15) is 53.4 Å². The molecule has 2 atom stereocenters. The van der Waals surface area contributed by atoms with Crippen molar-refractivity contribution in [3.8, 4) is 0 Å². The van der Waals surface area contributed by atoms with Crippen LogP contribution >= 0.6 is 46.4 Å². The molecule has 0 radical (unpaired) electrons. The maximum Gasteiger partial charge on any atom is 0.417 e. The Morgan fingerprint density at radius 1 is 0.758 bits per heavy atom. The zero-order chi connectivity index (χ0) is 48.2. The number of rotatable bonds is 10. The van der Waals surface area contributed by atoms with E-state index in [1.54, 1.807) is 13.8 Å². The molecule has 0 bridgehead atoms. The molecule has 2 aliphatic rings. The van der Waals surface area contributed by atoms with E-state index in [1.807, 2.05) is 0 Å². The third kappa shape index (κ3) is 12.7. The molecule has 2 aromatic carbocycles. The van der Waals surface area contributed by atoms with Gasteiger partial charge in [0, 0.05) is 32.6 Å². The molecule has 2 saturated heterocycles. The van der Waals surface area contributed by atoms with Crippen LogP contribution in [0.3, 0.4) is 0 Å². The van der Waals surface area contributed by atoms with Crippen LogP contribution in [0, 0.1) is 0 Å². The summed E-state index contributed by atoms with van der Waals surface area (Å²) < 4.78 is 150. The zero-order valence-electron chi connectivity index (χ0n) is 33.9. The summed E-state index contributed by atoms with van der Waals surface area (Å²) in [5, 5.41) is -1.28. The number of benzene rings is 2. The predicted octanol–water partition coefficient (Wildman–Crippen LogP) is 8.77. The fourth-order valence-electron chi connectivity index (χ4n) is 6.29. The highest BCUT2D eigenvalue weighted by molar-refractivity contribution is 7.93. The van der Waals surface area contributed by atoms with Crippen molar-refractivity contribution >= 4 is 89.6 Å². The van der Waals surface area contributed by atoms with Gasteiger partial charge in [-0.15, -0.1) is 0 Å². The van der Waals surface area contributed by atoms with Gasteiger partial charge in [0.05, 0.1) is 90.9 Å². The van der Waals surface area contributed by atoms with Crippen molar-refractivity contribution in [3.05, 3.63) is 104 Å². The number of anilines is 2. The van der Waals surface area contributed by atoms with Gasteiger partial charge in [-0.2, -0.15) is 26.3 Å². The minimum Gasteiger partial charge on any atom is -0.377 e. The lowest BCUT2D eigenvalue weighted by Gasteiger charge is -2.34. The summed E-state index contributed by atoms with van der Waals surface area (Å²) in [5.74, 6) is -1.16. The molecule has 66 heavy (non-hydrogen) atoms. The number of nitrogens with one attached hydrogen (secondary N) is 1. The fourth-order valence-corrected chi connectivity index (χ4v) is 9.53. The largest absolute Gasteiger partial charge is 0.417 e. The summed E-state index contributed by atoms with van der Waals surface area (Å²) in [4.78, 5) is 35.7. The van der Waals surface area contributed by atoms with E-state index in [9.17, 15) is 52.8 Å². The van der Waals surface area contributed by atoms with Gasteiger partial charge in [0.1, 0.15) is 6.73 Å². The van der Waals surface area contributed by atoms with Crippen LogP contribution in [-0.2, 0) is 46.6 Å². The number of sulfonamides is 2. The van der Waals surface area contributed by atoms with E-state index in [1.165, 1.54) is 35.4 Å². The molecule has 15 nitrogen and oxygen atoms in total. The van der Waals surface area contributed by atoms with E-state index >= 15 is 0 Å². The smallest absolute Gasteiger partial charge is 0.377 e. The second-order valence-corrected chi connectivity index (χ2v) is 19.3. The number of carbonyl (C=O) groups is 2. The van der Waals surface area contributed by atoms with Gasteiger partial charge in [-0.05, 0) is 62.4 Å². The summed E-state index contributed by atoms with van der Waals surface area (Å²) in [6.07, 6.45) is -7.40. The second kappa shape index (κ2) is 21.8. The van der Waals surface area contributed by atoms with Crippen molar-refractivity contribution < 1.29 is 67.0 Å². The van der Waals surface area contributed by atoms with E-state index in [0.717, 1.165) is 30.3 Å². The molecule has 2 fully saturated rings. The Kier molecular flexibility index (Phi) is 18.0. The number of morpholine rings is 2. The van der Waals surface area contributed by atoms with Gasteiger partial charge in [-0.1, -0.05) is 53.8 Å². The second-order valence-electron chi connectivity index (χ2n) is 14.1. The molecule has 4 aromatic rings. The van der Waals surface area contributed by atoms with Crippen LogP contribution in [0.4, 0.5) is 37.7 Å². The number of ether oxygens (including phenoxy) is 3. The fraction of sp³-hybridized carbons (Fsp3) is 0.385. The molecule has 0 saturated carbocycles. The Morgan fingerprint density at radius 3 is 1.70 bits per heavy atom. The lowest BCUT2D eigenvalue weighted by Crippen LogP contribution is -2.48. The number of aromatic nitrogens is 2. The van der Waals surface area contributed by atoms with E-state index in [4.69, 9.17) is 60.6 Å². The van der Waals surface area contributed by atoms with Crippen molar-refractivity contribution in [2.45, 2.75) is 55.5 Å². The van der Waals surface area contributed by atoms with Gasteiger partial charge < -0.3 is 24.0 Å². The average Bonchev–Trinajstić information content (AvgIpc) is 3.22. The Morgan fingerprint density at radius 2 is 1.21 bits per heavy atom. The van der Waals surface area contributed by atoms with Crippen LogP contribution < -0.4 is 9.03 Å². The van der Waals surface area contributed by atoms with E-state index in [0.29, 0.717) is 29.7 Å². The van der Waals surface area contributed by atoms with Crippen LogP contribution in [0.5, 0.6) is 0 Å². The highest BCUT2D eigenvalue weighted by Gasteiger charge is 2.38. The number of halogens is 10. The van der Waals surface area contributed by atoms with Crippen molar-refractivity contribution in [1.82, 2.24) is 19.8 Å². The molecule has 27 heteroatoms. The summed E-state index contributed by atoms with van der Waals surface area (Å²) >= 11 is 23.1. The normalized spacial score (nSPS) is 17.0. The molecule has 2 aliphatic heterocycles. The number of pyridine rings is 2. The molecule has 362 valence electrons. The minimum absolute atomic E-state index is 0. The maximum absolute atomic E-state index is 13.5. The third-order valence-electron chi connectivity index (χ3n) is 9.49. The first kappa shape index (κ1) is 54.4. The molecule has 0 aliphatic carbocycles. The number of carbonyl (C=O) groups excluding carboxylic acids is 2. The van der Waals surface area contributed by atoms with Crippen LogP contribution in [0.2, 0.25) is 20.1 Å². The van der Waals surface area contributed by atoms with E-state index in [-0.39, 0.29) is 78.6 Å². The van der Waals surface area contributed by atoms with Gasteiger partial charge in [-0.25, -0.2) is 31.1 Å². The molecule has 1 N–H and O–H groups in total. The number of hydrogen-bond acceptors (Lipinski definition) is 11. The Bertz CT molecular complexity index is 2650. The first-order valence-electron chi connectivity index (χ1n) is 18.6. The number of amides is 2. The van der Waals surface area contributed by atoms with Gasteiger partial charge >= 0.3 is 12.4 Å². The highest BCUT2D eigenvalue weighted by atomic mass is 35.5. The van der Waals surface area contributed by atoms with Crippen molar-refractivity contribution in [2.75, 3.05) is 62.4 Å². The van der Waals surface area contributed by atoms with E-state index in [2.05, 4.69) is 14.7 Å². The SMILES string of the molecule is C.CC1COCCN1C(=O)c1ncc(Cl)cc1NS(=O)(=O)c1ccc(Cl)c(C(F)(F)F)c1.COCN(c1cc(Cl)cnc1C(=O)N1CCOCC1C)S(=O)(=O)c1ccc(Cl)c(C(F)(F)F)c1. The summed E-state index contributed by atoms with van der Waals surface area (Å²) in [6.45, 7) is 4.54. The molecule has 2 aromatic heterocycles. The van der Waals surface area contributed by atoms with Gasteiger partial charge in [-0.3, -0.25) is 14.3 Å². The first-order valence-corrected chi connectivity index (χ1v) is 23.1. The molecule has 2 amide bonds. The average molecular weight is 1060 g/mol. The van der Waals surface area contributed by atoms with E-state index < -0.39 is 81.9 Å². The van der Waals surface area contributed by atoms with Gasteiger partial charge in [0.15, 0.2) is 11.4 Å². The lowest BCUT2D eigenvalue weighted by atomic mass is 10.2. The Labute approximate surface area is 395 Å². The molecular weight excluding hydrogens is 1020 g/mol. The van der Waals surface area contributed by atoms with Crippen LogP contribution in [0.15, 0.2) is 70.7 Å². The zero-order valence-corrected chi connectivity index (χ0v) is 38.5. The summed E-state index contributed by atoms with van der Waals surface area (Å²) in [6, 6.07) is 6.09. The number of methoxy groups -OCH3 is 1. The Hall–Kier alpha value is -4.20. The van der Waals surface area contributed by atoms with Gasteiger partial charge in [0.2, 0.25) is 0 Å². The minimum atomic E-state index is -4.89. The standard InChI is InChI=1S/C20H20Cl2F3N3O5S.C18H16Cl2F3N3O4S.CH4/c1-12-10-33-6-5-27(12)19(29)18-17(7-13(21)9-26-18)28(11-32-2)34(30,31)14-3-4-16(22)15(8-14)20(23,24)25;1-10-9-30-5-4-26(10)17(27)16-15(6-11(19)8-24-16)25-31(28,29)12-2-3-14(20)13(7-12)18(21,22)23;/h3-4,7-9,12H,5-6,10-11H2,1-2H3;2-3,6-8,10,25H,4-5,9H2,1H3;1H4. The Balaban J connectivity index is 0.000000285. The van der Waals surface area contributed by atoms with Crippen molar-refractivity contribution in [2.24, 2.45) is 0 Å². The first-order chi connectivity index (χ1) is 30.3. The quantitative estimate of drug-likeness (QED) is 0.119. The molecule has 2 unspecified atom stereocenters. The lowest BCUT2D eigenvalue weighted by molar-refractivity contribution is -0.138. The number of hydrogen-bond donors (Lipinski definition) is 1. The van der Waals surface area contributed by atoms with Crippen LogP contribution in [0.25, 0.3) is 0 Å². The van der Waals surface area contributed by atoms with Crippen molar-refractivity contribution in [3.63, 3.8) is 0 Å². The maximum atomic E-state index is 13.5. The summed E-state index contributed by atoms with van der Waals surface area (Å²) in [5.41, 5.74) is -3.65. The number of nitrogens with zero attached hydrogens (tertiary/aromatic N) is 5. The number of alkyl halides is 6. The van der Waals surface area contributed by atoms with Crippen molar-refractivity contribution in [1.29, 1.82) is 0 Å². The van der Waals surface area contributed by atoms with Crippen LogP contribution in [-0.4, -0.2) is 114 Å². The highest BCUT2D eigenvalue weighted by Crippen LogP contribution is 2.39. The molecular formula is C39H40Cl4F6N6O9S2.